The van der Waals surface area contributed by atoms with E-state index < -0.39 is 12.1 Å². The van der Waals surface area contributed by atoms with Crippen LogP contribution in [0.2, 0.25) is 0 Å². The molecule has 0 amide bonds. The minimum Gasteiger partial charge on any atom is -0.451 e. The molecule has 0 radical (unpaired) electrons. The topological polar surface area (TPSA) is 78.3 Å². The molecule has 1 aliphatic heterocycles. The second-order valence-electron chi connectivity index (χ2n) is 7.45. The zero-order valence-corrected chi connectivity index (χ0v) is 18.1. The van der Waals surface area contributed by atoms with Gasteiger partial charge in [0, 0.05) is 23.0 Å². The SMILES string of the molecule is CC(OC(=O)c1ccc2c(=O)n3c(nc2c1)CCCCC3)C(=O)c1ccc(Br)cc1. The van der Waals surface area contributed by atoms with E-state index in [4.69, 9.17) is 4.74 Å². The van der Waals surface area contributed by atoms with Crippen LogP contribution in [0.4, 0.5) is 0 Å². The summed E-state index contributed by atoms with van der Waals surface area (Å²) in [5, 5.41) is 0.483. The van der Waals surface area contributed by atoms with Crippen molar-refractivity contribution in [1.82, 2.24) is 9.55 Å². The summed E-state index contributed by atoms with van der Waals surface area (Å²) in [5.41, 5.74) is 1.14. The van der Waals surface area contributed by atoms with E-state index in [2.05, 4.69) is 20.9 Å². The number of rotatable bonds is 4. The zero-order valence-electron chi connectivity index (χ0n) is 16.6. The second-order valence-corrected chi connectivity index (χ2v) is 8.36. The standard InChI is InChI=1S/C23H21BrN2O4/c1-14(21(27)15-6-9-17(24)10-7-15)30-23(29)16-8-11-18-19(13-16)25-20-5-3-2-4-12-26(20)22(18)28/h6-11,13-14H,2-5,12H2,1H3. The number of nitrogens with zero attached hydrogens (tertiary/aromatic N) is 2. The predicted octanol–water partition coefficient (Wildman–Crippen LogP) is 4.31. The lowest BCUT2D eigenvalue weighted by atomic mass is 10.1. The van der Waals surface area contributed by atoms with Crippen molar-refractivity contribution in [3.05, 3.63) is 74.2 Å². The van der Waals surface area contributed by atoms with E-state index >= 15 is 0 Å². The number of carbonyl (C=O) groups is 2. The molecule has 0 spiro atoms. The minimum absolute atomic E-state index is 0.0735. The lowest BCUT2D eigenvalue weighted by molar-refractivity contribution is 0.0319. The van der Waals surface area contributed by atoms with Crippen LogP contribution in [0.5, 0.6) is 0 Å². The number of hydrogen-bond donors (Lipinski definition) is 0. The highest BCUT2D eigenvalue weighted by atomic mass is 79.9. The van der Waals surface area contributed by atoms with E-state index in [1.54, 1.807) is 54.0 Å². The Balaban J connectivity index is 1.58. The first-order valence-electron chi connectivity index (χ1n) is 9.98. The molecule has 4 rings (SSSR count). The van der Waals surface area contributed by atoms with Gasteiger partial charge in [0.25, 0.3) is 5.56 Å². The van der Waals surface area contributed by atoms with Crippen LogP contribution in [-0.2, 0) is 17.7 Å². The number of carbonyl (C=O) groups excluding carboxylic acids is 2. The van der Waals surface area contributed by atoms with Crippen LogP contribution in [0.15, 0.2) is 51.7 Å². The lowest BCUT2D eigenvalue weighted by Gasteiger charge is -2.13. The molecule has 1 unspecified atom stereocenters. The molecule has 7 heteroatoms. The molecule has 2 aromatic carbocycles. The van der Waals surface area contributed by atoms with Crippen LogP contribution in [0, 0.1) is 0 Å². The van der Waals surface area contributed by atoms with Gasteiger partial charge in [-0.3, -0.25) is 14.2 Å². The largest absolute Gasteiger partial charge is 0.451 e. The number of ketones is 1. The fourth-order valence-corrected chi connectivity index (χ4v) is 3.94. The maximum Gasteiger partial charge on any atom is 0.338 e. The third-order valence-electron chi connectivity index (χ3n) is 5.33. The van der Waals surface area contributed by atoms with Crippen LogP contribution in [0.25, 0.3) is 10.9 Å². The number of fused-ring (bicyclic) bond motifs is 2. The number of aryl methyl sites for hydroxylation is 1. The Bertz CT molecular complexity index is 1180. The van der Waals surface area contributed by atoms with Gasteiger partial charge in [-0.05, 0) is 50.1 Å². The van der Waals surface area contributed by atoms with Crippen molar-refractivity contribution in [2.75, 3.05) is 0 Å². The lowest BCUT2D eigenvalue weighted by Crippen LogP contribution is -2.25. The van der Waals surface area contributed by atoms with Gasteiger partial charge in [0.1, 0.15) is 5.82 Å². The third-order valence-corrected chi connectivity index (χ3v) is 5.86. The van der Waals surface area contributed by atoms with Gasteiger partial charge in [0.15, 0.2) is 6.10 Å². The van der Waals surface area contributed by atoms with Gasteiger partial charge in [0.05, 0.1) is 16.5 Å². The van der Waals surface area contributed by atoms with Crippen LogP contribution < -0.4 is 5.56 Å². The fourth-order valence-electron chi connectivity index (χ4n) is 3.68. The molecule has 1 atom stereocenters. The molecular formula is C23H21BrN2O4. The van der Waals surface area contributed by atoms with Crippen molar-refractivity contribution in [3.63, 3.8) is 0 Å². The molecule has 30 heavy (non-hydrogen) atoms. The van der Waals surface area contributed by atoms with E-state index in [1.807, 2.05) is 0 Å². The number of esters is 1. The van der Waals surface area contributed by atoms with Gasteiger partial charge in [-0.1, -0.05) is 34.5 Å². The Hall–Kier alpha value is -2.80. The Kier molecular flexibility index (Phi) is 5.81. The molecule has 0 saturated carbocycles. The first-order chi connectivity index (χ1) is 14.4. The molecule has 1 aliphatic rings. The highest BCUT2D eigenvalue weighted by Crippen LogP contribution is 2.18. The van der Waals surface area contributed by atoms with E-state index in [9.17, 15) is 14.4 Å². The zero-order chi connectivity index (χ0) is 21.3. The summed E-state index contributed by atoms with van der Waals surface area (Å²) in [7, 11) is 0. The molecule has 0 saturated heterocycles. The molecule has 154 valence electrons. The molecule has 6 nitrogen and oxygen atoms in total. The summed E-state index contributed by atoms with van der Waals surface area (Å²) in [4.78, 5) is 42.6. The second kappa shape index (κ2) is 8.52. The monoisotopic (exact) mass is 468 g/mol. The average molecular weight is 469 g/mol. The fraction of sp³-hybridized carbons (Fsp3) is 0.304. The van der Waals surface area contributed by atoms with Gasteiger partial charge in [0.2, 0.25) is 5.78 Å². The number of benzene rings is 2. The maximum atomic E-state index is 12.8. The quantitative estimate of drug-likeness (QED) is 0.420. The summed E-state index contributed by atoms with van der Waals surface area (Å²) in [6.45, 7) is 2.23. The smallest absolute Gasteiger partial charge is 0.338 e. The van der Waals surface area contributed by atoms with Gasteiger partial charge in [-0.25, -0.2) is 9.78 Å². The number of ether oxygens (including phenoxy) is 1. The van der Waals surface area contributed by atoms with Crippen molar-refractivity contribution < 1.29 is 14.3 Å². The predicted molar refractivity (Wildman–Crippen MR) is 117 cm³/mol. The van der Waals surface area contributed by atoms with E-state index in [0.29, 0.717) is 23.0 Å². The highest BCUT2D eigenvalue weighted by molar-refractivity contribution is 9.10. The Morgan fingerprint density at radius 1 is 1.07 bits per heavy atom. The highest BCUT2D eigenvalue weighted by Gasteiger charge is 2.21. The van der Waals surface area contributed by atoms with Crippen LogP contribution in [-0.4, -0.2) is 27.4 Å². The summed E-state index contributed by atoms with van der Waals surface area (Å²) >= 11 is 3.33. The third kappa shape index (κ3) is 4.07. The van der Waals surface area contributed by atoms with E-state index in [1.165, 1.54) is 0 Å². The number of halogens is 1. The first kappa shape index (κ1) is 20.5. The maximum absolute atomic E-state index is 12.8. The summed E-state index contributed by atoms with van der Waals surface area (Å²) in [6, 6.07) is 11.6. The van der Waals surface area contributed by atoms with Gasteiger partial charge in [-0.15, -0.1) is 0 Å². The van der Waals surface area contributed by atoms with Gasteiger partial charge in [-0.2, -0.15) is 0 Å². The summed E-state index contributed by atoms with van der Waals surface area (Å²) in [6.07, 6.45) is 2.85. The molecule has 2 heterocycles. The normalized spacial score (nSPS) is 14.6. The van der Waals surface area contributed by atoms with Crippen molar-refractivity contribution in [1.29, 1.82) is 0 Å². The van der Waals surface area contributed by atoms with Crippen molar-refractivity contribution in [3.8, 4) is 0 Å². The van der Waals surface area contributed by atoms with E-state index in [0.717, 1.165) is 36.0 Å². The van der Waals surface area contributed by atoms with Crippen LogP contribution >= 0.6 is 15.9 Å². The molecule has 0 bridgehead atoms. The number of hydrogen-bond acceptors (Lipinski definition) is 5. The number of aromatic nitrogens is 2. The Morgan fingerprint density at radius 3 is 2.57 bits per heavy atom. The molecule has 0 fully saturated rings. The van der Waals surface area contributed by atoms with Crippen molar-refractivity contribution in [2.45, 2.75) is 45.3 Å². The summed E-state index contributed by atoms with van der Waals surface area (Å²) in [5.74, 6) is -0.140. The van der Waals surface area contributed by atoms with Crippen LogP contribution in [0.3, 0.4) is 0 Å². The molecule has 3 aromatic rings. The van der Waals surface area contributed by atoms with Crippen molar-refractivity contribution >= 4 is 38.6 Å². The summed E-state index contributed by atoms with van der Waals surface area (Å²) < 4.78 is 7.99. The Labute approximate surface area is 182 Å². The molecule has 1 aromatic heterocycles. The van der Waals surface area contributed by atoms with Gasteiger partial charge >= 0.3 is 5.97 Å². The molecule has 0 aliphatic carbocycles. The van der Waals surface area contributed by atoms with E-state index in [-0.39, 0.29) is 16.9 Å². The molecular weight excluding hydrogens is 448 g/mol. The van der Waals surface area contributed by atoms with Crippen molar-refractivity contribution in [2.24, 2.45) is 0 Å². The number of Topliss-reactive ketones (excluding diaryl/α,β-unsaturated/α-hetero) is 1. The molecule has 0 N–H and O–H groups in total. The first-order valence-corrected chi connectivity index (χ1v) is 10.8. The minimum atomic E-state index is -0.931. The Morgan fingerprint density at radius 2 is 1.80 bits per heavy atom. The van der Waals surface area contributed by atoms with Crippen LogP contribution in [0.1, 0.15) is 52.7 Å². The average Bonchev–Trinajstić information content (AvgIpc) is 2.99. The van der Waals surface area contributed by atoms with Gasteiger partial charge < -0.3 is 4.74 Å².